The summed E-state index contributed by atoms with van der Waals surface area (Å²) in [5.74, 6) is 0.449. The number of anilines is 1. The van der Waals surface area contributed by atoms with Crippen molar-refractivity contribution in [2.75, 3.05) is 26.1 Å². The fourth-order valence-corrected chi connectivity index (χ4v) is 2.25. The predicted molar refractivity (Wildman–Crippen MR) is 96.4 cm³/mol. The van der Waals surface area contributed by atoms with Gasteiger partial charge in [-0.25, -0.2) is 0 Å². The lowest BCUT2D eigenvalue weighted by Gasteiger charge is -2.12. The first-order valence-corrected chi connectivity index (χ1v) is 7.82. The third kappa shape index (κ3) is 4.73. The quantitative estimate of drug-likeness (QED) is 0.846. The summed E-state index contributed by atoms with van der Waals surface area (Å²) < 4.78 is 10.3. The molecule has 0 fully saturated rings. The SMILES string of the molecule is COc1ccc(OC)c(NC(=O)CNC(=O)c2ccc(C)c(C)c2)c1. The van der Waals surface area contributed by atoms with Crippen LogP contribution >= 0.6 is 0 Å². The van der Waals surface area contributed by atoms with Gasteiger partial charge in [-0.05, 0) is 49.2 Å². The molecule has 6 heteroatoms. The van der Waals surface area contributed by atoms with E-state index < -0.39 is 0 Å². The number of rotatable bonds is 6. The van der Waals surface area contributed by atoms with E-state index in [9.17, 15) is 9.59 Å². The van der Waals surface area contributed by atoms with Crippen LogP contribution in [0.4, 0.5) is 5.69 Å². The Kier molecular flexibility index (Phi) is 6.00. The van der Waals surface area contributed by atoms with Crippen molar-refractivity contribution in [2.24, 2.45) is 0 Å². The zero-order valence-corrected chi connectivity index (χ0v) is 14.8. The third-order valence-corrected chi connectivity index (χ3v) is 3.86. The van der Waals surface area contributed by atoms with Crippen molar-refractivity contribution in [2.45, 2.75) is 13.8 Å². The maximum Gasteiger partial charge on any atom is 0.251 e. The van der Waals surface area contributed by atoms with Crippen LogP contribution in [0.1, 0.15) is 21.5 Å². The van der Waals surface area contributed by atoms with Gasteiger partial charge < -0.3 is 20.1 Å². The van der Waals surface area contributed by atoms with Crippen molar-refractivity contribution in [1.82, 2.24) is 5.32 Å². The van der Waals surface area contributed by atoms with Crippen molar-refractivity contribution in [3.8, 4) is 11.5 Å². The highest BCUT2D eigenvalue weighted by Gasteiger charge is 2.12. The summed E-state index contributed by atoms with van der Waals surface area (Å²) >= 11 is 0. The molecule has 0 unspecified atom stereocenters. The normalized spacial score (nSPS) is 10.1. The number of nitrogens with one attached hydrogen (secondary N) is 2. The first-order valence-electron chi connectivity index (χ1n) is 7.82. The van der Waals surface area contributed by atoms with Crippen LogP contribution in [0.5, 0.6) is 11.5 Å². The van der Waals surface area contributed by atoms with Gasteiger partial charge >= 0.3 is 0 Å². The monoisotopic (exact) mass is 342 g/mol. The Morgan fingerprint density at radius 1 is 0.960 bits per heavy atom. The van der Waals surface area contributed by atoms with E-state index in [1.54, 1.807) is 30.3 Å². The number of methoxy groups -OCH3 is 2. The number of hydrogen-bond donors (Lipinski definition) is 2. The smallest absolute Gasteiger partial charge is 0.251 e. The number of aryl methyl sites for hydroxylation is 2. The van der Waals surface area contributed by atoms with E-state index in [0.29, 0.717) is 22.7 Å². The molecule has 0 bridgehead atoms. The molecule has 0 aliphatic heterocycles. The summed E-state index contributed by atoms with van der Waals surface area (Å²) in [5.41, 5.74) is 3.14. The maximum absolute atomic E-state index is 12.2. The average Bonchev–Trinajstić information content (AvgIpc) is 2.61. The van der Waals surface area contributed by atoms with E-state index in [-0.39, 0.29) is 18.4 Å². The standard InChI is InChI=1S/C19H22N2O4/c1-12-5-6-14(9-13(12)2)19(23)20-11-18(22)21-16-10-15(24-3)7-8-17(16)25-4/h5-10H,11H2,1-4H3,(H,20,23)(H,21,22). The Labute approximate surface area is 147 Å². The molecule has 0 atom stereocenters. The highest BCUT2D eigenvalue weighted by atomic mass is 16.5. The van der Waals surface area contributed by atoms with Crippen molar-refractivity contribution in [3.05, 3.63) is 53.1 Å². The molecular weight excluding hydrogens is 320 g/mol. The van der Waals surface area contributed by atoms with Gasteiger partial charge in [0.1, 0.15) is 11.5 Å². The van der Waals surface area contributed by atoms with E-state index in [1.165, 1.54) is 14.2 Å². The molecule has 25 heavy (non-hydrogen) atoms. The summed E-state index contributed by atoms with van der Waals surface area (Å²) in [4.78, 5) is 24.3. The predicted octanol–water partition coefficient (Wildman–Crippen LogP) is 2.69. The second kappa shape index (κ2) is 8.19. The molecule has 2 amide bonds. The van der Waals surface area contributed by atoms with Gasteiger partial charge in [-0.2, -0.15) is 0 Å². The van der Waals surface area contributed by atoms with Gasteiger partial charge in [0.15, 0.2) is 0 Å². The molecule has 0 aliphatic rings. The Balaban J connectivity index is 1.98. The van der Waals surface area contributed by atoms with Gasteiger partial charge in [-0.15, -0.1) is 0 Å². The van der Waals surface area contributed by atoms with Crippen LogP contribution in [-0.4, -0.2) is 32.6 Å². The topological polar surface area (TPSA) is 76.7 Å². The largest absolute Gasteiger partial charge is 0.497 e. The highest BCUT2D eigenvalue weighted by Crippen LogP contribution is 2.28. The number of carbonyl (C=O) groups is 2. The molecule has 0 spiro atoms. The van der Waals surface area contributed by atoms with Gasteiger partial charge in [0, 0.05) is 11.6 Å². The molecular formula is C19H22N2O4. The van der Waals surface area contributed by atoms with Crippen LogP contribution in [-0.2, 0) is 4.79 Å². The van der Waals surface area contributed by atoms with Gasteiger partial charge in [0.2, 0.25) is 5.91 Å². The molecule has 0 aromatic heterocycles. The molecule has 0 heterocycles. The minimum atomic E-state index is -0.358. The zero-order valence-electron chi connectivity index (χ0n) is 14.8. The highest BCUT2D eigenvalue weighted by molar-refractivity contribution is 6.00. The summed E-state index contributed by atoms with van der Waals surface area (Å²) in [6, 6.07) is 10.5. The van der Waals surface area contributed by atoms with Gasteiger partial charge in [0.25, 0.3) is 5.91 Å². The van der Waals surface area contributed by atoms with Crippen LogP contribution in [0.2, 0.25) is 0 Å². The van der Waals surface area contributed by atoms with E-state index in [4.69, 9.17) is 9.47 Å². The van der Waals surface area contributed by atoms with Crippen molar-refractivity contribution in [1.29, 1.82) is 0 Å². The van der Waals surface area contributed by atoms with Crippen LogP contribution in [0, 0.1) is 13.8 Å². The van der Waals surface area contributed by atoms with Crippen molar-refractivity contribution >= 4 is 17.5 Å². The Hall–Kier alpha value is -3.02. The van der Waals surface area contributed by atoms with E-state index in [2.05, 4.69) is 10.6 Å². The van der Waals surface area contributed by atoms with Crippen LogP contribution in [0.15, 0.2) is 36.4 Å². The molecule has 2 rings (SSSR count). The van der Waals surface area contributed by atoms with Gasteiger partial charge in [-0.1, -0.05) is 6.07 Å². The van der Waals surface area contributed by atoms with E-state index in [1.807, 2.05) is 19.9 Å². The number of carbonyl (C=O) groups excluding carboxylic acids is 2. The van der Waals surface area contributed by atoms with Crippen LogP contribution < -0.4 is 20.1 Å². The van der Waals surface area contributed by atoms with E-state index >= 15 is 0 Å². The molecule has 0 saturated carbocycles. The molecule has 2 aromatic rings. The summed E-state index contributed by atoms with van der Waals surface area (Å²) in [7, 11) is 3.05. The van der Waals surface area contributed by atoms with Crippen LogP contribution in [0.25, 0.3) is 0 Å². The molecule has 6 nitrogen and oxygen atoms in total. The third-order valence-electron chi connectivity index (χ3n) is 3.86. The summed E-state index contributed by atoms with van der Waals surface area (Å²) in [5, 5.41) is 5.31. The lowest BCUT2D eigenvalue weighted by Crippen LogP contribution is -2.33. The second-order valence-corrected chi connectivity index (χ2v) is 5.60. The lowest BCUT2D eigenvalue weighted by atomic mass is 10.1. The average molecular weight is 342 g/mol. The molecule has 0 radical (unpaired) electrons. The Morgan fingerprint density at radius 2 is 1.72 bits per heavy atom. The molecule has 0 aliphatic carbocycles. The zero-order chi connectivity index (χ0) is 18.4. The lowest BCUT2D eigenvalue weighted by molar-refractivity contribution is -0.115. The fourth-order valence-electron chi connectivity index (χ4n) is 2.25. The number of ether oxygens (including phenoxy) is 2. The number of benzene rings is 2. The van der Waals surface area contributed by atoms with Gasteiger partial charge in [-0.3, -0.25) is 9.59 Å². The van der Waals surface area contributed by atoms with Gasteiger partial charge in [0.05, 0.1) is 26.5 Å². The second-order valence-electron chi connectivity index (χ2n) is 5.60. The van der Waals surface area contributed by atoms with Crippen molar-refractivity contribution in [3.63, 3.8) is 0 Å². The molecule has 0 saturated heterocycles. The molecule has 2 aromatic carbocycles. The first-order chi connectivity index (χ1) is 11.9. The van der Waals surface area contributed by atoms with Crippen molar-refractivity contribution < 1.29 is 19.1 Å². The maximum atomic E-state index is 12.2. The fraction of sp³-hybridized carbons (Fsp3) is 0.263. The Morgan fingerprint density at radius 3 is 2.36 bits per heavy atom. The minimum Gasteiger partial charge on any atom is -0.497 e. The number of hydrogen-bond acceptors (Lipinski definition) is 4. The molecule has 132 valence electrons. The van der Waals surface area contributed by atoms with Crippen LogP contribution in [0.3, 0.4) is 0 Å². The minimum absolute atomic E-state index is 0.147. The summed E-state index contributed by atoms with van der Waals surface area (Å²) in [6.45, 7) is 3.77. The first kappa shape index (κ1) is 18.3. The molecule has 2 N–H and O–H groups in total. The Bertz CT molecular complexity index is 787. The number of amides is 2. The van der Waals surface area contributed by atoms with E-state index in [0.717, 1.165) is 11.1 Å². The summed E-state index contributed by atoms with van der Waals surface area (Å²) in [6.07, 6.45) is 0.